The highest BCUT2D eigenvalue weighted by atomic mass is 32.1. The van der Waals surface area contributed by atoms with Crippen LogP contribution in [0.1, 0.15) is 54.7 Å². The van der Waals surface area contributed by atoms with Crippen LogP contribution in [0.2, 0.25) is 0 Å². The van der Waals surface area contributed by atoms with Crippen LogP contribution in [0, 0.1) is 6.92 Å². The minimum absolute atomic E-state index is 0.0511. The molecule has 0 bridgehead atoms. The quantitative estimate of drug-likeness (QED) is 0.411. The number of nitrogens with zero attached hydrogens (tertiary/aromatic N) is 1. The summed E-state index contributed by atoms with van der Waals surface area (Å²) in [4.78, 5) is 3.16. The van der Waals surface area contributed by atoms with Gasteiger partial charge < -0.3 is 0 Å². The lowest BCUT2D eigenvalue weighted by atomic mass is 9.76. The minimum atomic E-state index is -2.51. The lowest BCUT2D eigenvalue weighted by Gasteiger charge is -2.33. The normalized spacial score (nSPS) is 19.5. The topological polar surface area (TPSA) is 3.24 Å². The van der Waals surface area contributed by atoms with E-state index in [2.05, 4.69) is 60.4 Å². The Labute approximate surface area is 188 Å². The Hall–Kier alpha value is -1.91. The fraction of sp³-hybridized carbons (Fsp3) is 0.407. The summed E-state index contributed by atoms with van der Waals surface area (Å²) in [5.74, 6) is -1.93. The molecule has 31 heavy (non-hydrogen) atoms. The molecule has 1 saturated carbocycles. The van der Waals surface area contributed by atoms with Crippen molar-refractivity contribution in [3.8, 4) is 11.1 Å². The number of likely N-dealkylation sites (tertiary alicyclic amines) is 1. The van der Waals surface area contributed by atoms with Gasteiger partial charge in [0.05, 0.1) is 0 Å². The van der Waals surface area contributed by atoms with E-state index >= 15 is 0 Å². The summed E-state index contributed by atoms with van der Waals surface area (Å²) in [5.41, 5.74) is 6.27. The van der Waals surface area contributed by atoms with Gasteiger partial charge in [-0.2, -0.15) is 0 Å². The van der Waals surface area contributed by atoms with Gasteiger partial charge in [0.1, 0.15) is 0 Å². The third-order valence-electron chi connectivity index (χ3n) is 7.23. The largest absolute Gasteiger partial charge is 0.299 e. The van der Waals surface area contributed by atoms with Crippen molar-refractivity contribution in [3.05, 3.63) is 65.2 Å². The molecule has 0 unspecified atom stereocenters. The molecule has 1 aliphatic carbocycles. The molecule has 0 aromatic heterocycles. The molecule has 162 valence electrons. The van der Waals surface area contributed by atoms with E-state index in [0.29, 0.717) is 25.6 Å². The standard InChI is InChI=1S/C27H29F2NS/c1-18-5-2-9-23-21(18)8-4-10-24(23)25-22(19-6-3-7-19)12-11-20(26(25)31)17-30-15-13-27(28,29)14-16-30/h2,4-5,8-12,19,31H,3,6-7,13-17H2,1H3. The van der Waals surface area contributed by atoms with Gasteiger partial charge in [-0.1, -0.05) is 55.0 Å². The summed E-state index contributed by atoms with van der Waals surface area (Å²) in [5, 5.41) is 2.53. The SMILES string of the molecule is Cc1cccc2c(-c3c(C4CCC4)ccc(CN4CCC(F)(F)CC4)c3S)cccc12. The zero-order chi connectivity index (χ0) is 21.6. The first-order valence-corrected chi connectivity index (χ1v) is 11.8. The van der Waals surface area contributed by atoms with Gasteiger partial charge in [-0.15, -0.1) is 12.6 Å². The molecule has 0 radical (unpaired) electrons. The van der Waals surface area contributed by atoms with Crippen LogP contribution in [0.5, 0.6) is 0 Å². The van der Waals surface area contributed by atoms with Crippen LogP contribution < -0.4 is 0 Å². The maximum absolute atomic E-state index is 13.6. The van der Waals surface area contributed by atoms with Gasteiger partial charge in [0.15, 0.2) is 0 Å². The summed E-state index contributed by atoms with van der Waals surface area (Å²) in [6.07, 6.45) is 3.63. The lowest BCUT2D eigenvalue weighted by molar-refractivity contribution is -0.0567. The molecule has 1 aliphatic heterocycles. The number of aryl methyl sites for hydroxylation is 1. The van der Waals surface area contributed by atoms with Crippen LogP contribution in [-0.2, 0) is 6.54 Å². The predicted octanol–water partition coefficient (Wildman–Crippen LogP) is 7.60. The first-order chi connectivity index (χ1) is 14.9. The van der Waals surface area contributed by atoms with E-state index in [1.165, 1.54) is 52.3 Å². The van der Waals surface area contributed by atoms with Crippen LogP contribution >= 0.6 is 12.6 Å². The number of fused-ring (bicyclic) bond motifs is 1. The van der Waals surface area contributed by atoms with Crippen molar-refractivity contribution >= 4 is 23.4 Å². The zero-order valence-corrected chi connectivity index (χ0v) is 18.9. The highest BCUT2D eigenvalue weighted by molar-refractivity contribution is 7.80. The molecule has 1 heterocycles. The Bertz CT molecular complexity index is 1110. The van der Waals surface area contributed by atoms with E-state index in [-0.39, 0.29) is 12.8 Å². The van der Waals surface area contributed by atoms with Crippen LogP contribution in [0.15, 0.2) is 53.4 Å². The van der Waals surface area contributed by atoms with E-state index < -0.39 is 5.92 Å². The summed E-state index contributed by atoms with van der Waals surface area (Å²) in [6, 6.07) is 17.5. The number of thiol groups is 1. The average molecular weight is 438 g/mol. The number of piperidine rings is 1. The Kier molecular flexibility index (Phi) is 5.56. The molecule has 1 nitrogen and oxygen atoms in total. The second-order valence-corrected chi connectivity index (χ2v) is 9.72. The minimum Gasteiger partial charge on any atom is -0.299 e. The summed E-state index contributed by atoms with van der Waals surface area (Å²) >= 11 is 5.06. The van der Waals surface area contributed by atoms with Gasteiger partial charge in [-0.05, 0) is 64.3 Å². The van der Waals surface area contributed by atoms with E-state index in [9.17, 15) is 8.78 Å². The van der Waals surface area contributed by atoms with Crippen LogP contribution in [0.25, 0.3) is 21.9 Å². The van der Waals surface area contributed by atoms with Gasteiger partial charge in [0.25, 0.3) is 5.92 Å². The van der Waals surface area contributed by atoms with Crippen molar-refractivity contribution < 1.29 is 8.78 Å². The molecule has 3 aromatic carbocycles. The summed E-state index contributed by atoms with van der Waals surface area (Å²) in [6.45, 7) is 3.71. The van der Waals surface area contributed by atoms with E-state index in [4.69, 9.17) is 12.6 Å². The third kappa shape index (κ3) is 4.01. The van der Waals surface area contributed by atoms with Gasteiger partial charge in [-0.25, -0.2) is 8.78 Å². The number of benzene rings is 3. The molecule has 3 aromatic rings. The molecule has 2 aliphatic rings. The number of hydrogen-bond acceptors (Lipinski definition) is 2. The Morgan fingerprint density at radius 3 is 2.39 bits per heavy atom. The summed E-state index contributed by atoms with van der Waals surface area (Å²) in [7, 11) is 0. The lowest BCUT2D eigenvalue weighted by Crippen LogP contribution is -2.38. The molecule has 5 rings (SSSR count). The fourth-order valence-electron chi connectivity index (χ4n) is 5.08. The number of alkyl halides is 2. The summed E-state index contributed by atoms with van der Waals surface area (Å²) < 4.78 is 27.2. The van der Waals surface area contributed by atoms with Gasteiger partial charge >= 0.3 is 0 Å². The van der Waals surface area contributed by atoms with Gasteiger partial charge in [0, 0.05) is 37.4 Å². The highest BCUT2D eigenvalue weighted by Gasteiger charge is 2.34. The molecule has 0 spiro atoms. The third-order valence-corrected chi connectivity index (χ3v) is 7.74. The van der Waals surface area contributed by atoms with Crippen LogP contribution in [0.4, 0.5) is 8.78 Å². The van der Waals surface area contributed by atoms with Crippen molar-refractivity contribution in [3.63, 3.8) is 0 Å². The van der Waals surface area contributed by atoms with E-state index in [1.54, 1.807) is 0 Å². The second kappa shape index (κ2) is 8.22. The molecule has 1 saturated heterocycles. The van der Waals surface area contributed by atoms with Crippen LogP contribution in [0.3, 0.4) is 0 Å². The first kappa shape index (κ1) is 21.0. The molecule has 2 fully saturated rings. The number of rotatable bonds is 4. The molecule has 0 N–H and O–H groups in total. The highest BCUT2D eigenvalue weighted by Crippen LogP contribution is 2.46. The first-order valence-electron chi connectivity index (χ1n) is 11.4. The number of halogens is 2. The van der Waals surface area contributed by atoms with Crippen LogP contribution in [-0.4, -0.2) is 23.9 Å². The smallest absolute Gasteiger partial charge is 0.250 e. The zero-order valence-electron chi connectivity index (χ0n) is 18.0. The fourth-order valence-corrected chi connectivity index (χ4v) is 5.48. The van der Waals surface area contributed by atoms with Crippen molar-refractivity contribution in [1.29, 1.82) is 0 Å². The van der Waals surface area contributed by atoms with Crippen molar-refractivity contribution in [1.82, 2.24) is 4.90 Å². The molecular weight excluding hydrogens is 408 g/mol. The van der Waals surface area contributed by atoms with Crippen molar-refractivity contribution in [2.75, 3.05) is 13.1 Å². The maximum atomic E-state index is 13.6. The van der Waals surface area contributed by atoms with Crippen molar-refractivity contribution in [2.45, 2.75) is 62.3 Å². The molecular formula is C27H29F2NS. The average Bonchev–Trinajstić information content (AvgIpc) is 2.71. The van der Waals surface area contributed by atoms with Gasteiger partial charge in [-0.3, -0.25) is 4.90 Å². The maximum Gasteiger partial charge on any atom is 0.250 e. The Morgan fingerprint density at radius 2 is 1.68 bits per heavy atom. The monoisotopic (exact) mass is 437 g/mol. The Morgan fingerprint density at radius 1 is 0.968 bits per heavy atom. The Balaban J connectivity index is 1.59. The van der Waals surface area contributed by atoms with Gasteiger partial charge in [0.2, 0.25) is 0 Å². The van der Waals surface area contributed by atoms with Crippen molar-refractivity contribution in [2.24, 2.45) is 0 Å². The van der Waals surface area contributed by atoms with E-state index in [0.717, 1.165) is 10.5 Å². The number of hydrogen-bond donors (Lipinski definition) is 1. The predicted molar refractivity (Wildman–Crippen MR) is 127 cm³/mol. The van der Waals surface area contributed by atoms with E-state index in [1.807, 2.05) is 0 Å². The molecule has 0 amide bonds. The molecule has 4 heteroatoms. The molecule has 0 atom stereocenters. The second-order valence-electron chi connectivity index (χ2n) is 9.27.